The zero-order chi connectivity index (χ0) is 13.3. The monoisotopic (exact) mass is 263 g/mol. The Labute approximate surface area is 113 Å². The minimum absolute atomic E-state index is 0.412. The maximum Gasteiger partial charge on any atom is 0.178 e. The average molecular weight is 263 g/mol. The third-order valence-corrected chi connectivity index (χ3v) is 3.67. The molecule has 1 heterocycles. The molecule has 0 bridgehead atoms. The van der Waals surface area contributed by atoms with Gasteiger partial charge in [-0.05, 0) is 64.8 Å². The van der Waals surface area contributed by atoms with Gasteiger partial charge in [-0.3, -0.25) is 0 Å². The predicted molar refractivity (Wildman–Crippen MR) is 79.7 cm³/mol. The number of nitrogens with zero attached hydrogens (tertiary/aromatic N) is 2. The Hall–Kier alpha value is -1.13. The second kappa shape index (κ2) is 5.24. The summed E-state index contributed by atoms with van der Waals surface area (Å²) >= 11 is 5.46. The average Bonchev–Trinajstić information content (AvgIpc) is 2.63. The van der Waals surface area contributed by atoms with Gasteiger partial charge in [0, 0.05) is 6.04 Å². The van der Waals surface area contributed by atoms with Gasteiger partial charge in [0.05, 0.1) is 11.0 Å². The van der Waals surface area contributed by atoms with E-state index in [2.05, 4.69) is 60.6 Å². The van der Waals surface area contributed by atoms with E-state index in [9.17, 15) is 0 Å². The molecule has 4 heteroatoms. The molecule has 18 heavy (non-hydrogen) atoms. The van der Waals surface area contributed by atoms with Gasteiger partial charge < -0.3 is 14.5 Å². The lowest BCUT2D eigenvalue weighted by molar-refractivity contribution is 0.359. The van der Waals surface area contributed by atoms with Gasteiger partial charge in [-0.2, -0.15) is 0 Å². The van der Waals surface area contributed by atoms with Crippen molar-refractivity contribution in [1.29, 1.82) is 0 Å². The maximum absolute atomic E-state index is 5.46. The van der Waals surface area contributed by atoms with Crippen molar-refractivity contribution < 1.29 is 0 Å². The molecule has 0 amide bonds. The molecule has 98 valence electrons. The molecule has 0 aliphatic rings. The van der Waals surface area contributed by atoms with Crippen LogP contribution >= 0.6 is 12.2 Å². The molecule has 3 nitrogen and oxygen atoms in total. The summed E-state index contributed by atoms with van der Waals surface area (Å²) in [6, 6.07) is 6.71. The molecule has 0 saturated carbocycles. The van der Waals surface area contributed by atoms with E-state index in [-0.39, 0.29) is 0 Å². The fourth-order valence-corrected chi connectivity index (χ4v) is 2.73. The highest BCUT2D eigenvalue weighted by molar-refractivity contribution is 7.71. The first-order valence-electron chi connectivity index (χ1n) is 6.35. The van der Waals surface area contributed by atoms with Gasteiger partial charge in [-0.25, -0.2) is 0 Å². The van der Waals surface area contributed by atoms with Crippen LogP contribution in [0.15, 0.2) is 18.2 Å². The number of rotatable bonds is 4. The van der Waals surface area contributed by atoms with E-state index in [1.165, 1.54) is 11.1 Å². The number of nitrogens with one attached hydrogen (secondary N) is 1. The predicted octanol–water partition coefficient (Wildman–Crippen LogP) is 3.52. The SMILES string of the molecule is Cc1cccc2[nH]c(=S)n(C(C)CCN(C)C)c12. The normalized spacial score (nSPS) is 13.4. The lowest BCUT2D eigenvalue weighted by Crippen LogP contribution is -2.17. The van der Waals surface area contributed by atoms with E-state index in [1.807, 2.05) is 0 Å². The molecule has 0 saturated heterocycles. The highest BCUT2D eigenvalue weighted by atomic mass is 32.1. The van der Waals surface area contributed by atoms with E-state index >= 15 is 0 Å². The van der Waals surface area contributed by atoms with Crippen LogP contribution in [-0.4, -0.2) is 35.1 Å². The van der Waals surface area contributed by atoms with Crippen LogP contribution in [0.1, 0.15) is 24.9 Å². The Morgan fingerprint density at radius 1 is 1.39 bits per heavy atom. The third kappa shape index (κ3) is 2.49. The number of benzene rings is 1. The molecule has 1 aromatic carbocycles. The number of para-hydroxylation sites is 1. The van der Waals surface area contributed by atoms with Crippen LogP contribution in [0.4, 0.5) is 0 Å². The largest absolute Gasteiger partial charge is 0.331 e. The Balaban J connectivity index is 2.43. The van der Waals surface area contributed by atoms with Crippen molar-refractivity contribution in [3.63, 3.8) is 0 Å². The fourth-order valence-electron chi connectivity index (χ4n) is 2.35. The summed E-state index contributed by atoms with van der Waals surface area (Å²) in [4.78, 5) is 5.51. The lowest BCUT2D eigenvalue weighted by Gasteiger charge is -2.18. The van der Waals surface area contributed by atoms with Gasteiger partial charge >= 0.3 is 0 Å². The smallest absolute Gasteiger partial charge is 0.178 e. The van der Waals surface area contributed by atoms with Gasteiger partial charge in [0.2, 0.25) is 0 Å². The lowest BCUT2D eigenvalue weighted by atomic mass is 10.1. The van der Waals surface area contributed by atoms with Crippen molar-refractivity contribution in [1.82, 2.24) is 14.5 Å². The minimum Gasteiger partial charge on any atom is -0.331 e. The van der Waals surface area contributed by atoms with Gasteiger partial charge in [-0.1, -0.05) is 12.1 Å². The van der Waals surface area contributed by atoms with E-state index in [4.69, 9.17) is 12.2 Å². The number of aromatic amines is 1. The molecule has 1 atom stereocenters. The molecular weight excluding hydrogens is 242 g/mol. The summed E-state index contributed by atoms with van der Waals surface area (Å²) in [6.45, 7) is 5.45. The van der Waals surface area contributed by atoms with Gasteiger partial charge in [-0.15, -0.1) is 0 Å². The number of imidazole rings is 1. The number of aromatic nitrogens is 2. The number of H-pyrrole nitrogens is 1. The Kier molecular flexibility index (Phi) is 3.88. The first-order valence-corrected chi connectivity index (χ1v) is 6.76. The quantitative estimate of drug-likeness (QED) is 0.853. The van der Waals surface area contributed by atoms with Crippen LogP contribution in [0.25, 0.3) is 11.0 Å². The number of fused-ring (bicyclic) bond motifs is 1. The molecule has 1 unspecified atom stereocenters. The van der Waals surface area contributed by atoms with E-state index in [0.717, 1.165) is 23.3 Å². The first-order chi connectivity index (χ1) is 8.50. The van der Waals surface area contributed by atoms with Crippen molar-refractivity contribution in [2.75, 3.05) is 20.6 Å². The second-order valence-corrected chi connectivity index (χ2v) is 5.60. The summed E-state index contributed by atoms with van der Waals surface area (Å²) in [7, 11) is 4.21. The summed E-state index contributed by atoms with van der Waals surface area (Å²) < 4.78 is 3.08. The zero-order valence-corrected chi connectivity index (χ0v) is 12.3. The molecule has 0 radical (unpaired) electrons. The molecule has 2 rings (SSSR count). The van der Waals surface area contributed by atoms with E-state index in [0.29, 0.717) is 6.04 Å². The van der Waals surface area contributed by atoms with Crippen molar-refractivity contribution in [3.8, 4) is 0 Å². The molecule has 1 N–H and O–H groups in total. The first kappa shape index (κ1) is 13.3. The van der Waals surface area contributed by atoms with Crippen LogP contribution in [0.5, 0.6) is 0 Å². The molecule has 2 aromatic rings. The van der Waals surface area contributed by atoms with E-state index < -0.39 is 0 Å². The highest BCUT2D eigenvalue weighted by Gasteiger charge is 2.12. The van der Waals surface area contributed by atoms with Crippen molar-refractivity contribution in [2.45, 2.75) is 26.3 Å². The summed E-state index contributed by atoms with van der Waals surface area (Å²) in [5.74, 6) is 0. The van der Waals surface area contributed by atoms with Crippen LogP contribution in [0, 0.1) is 11.7 Å². The maximum atomic E-state index is 5.46. The zero-order valence-electron chi connectivity index (χ0n) is 11.5. The van der Waals surface area contributed by atoms with Crippen LogP contribution in [-0.2, 0) is 0 Å². The summed E-state index contributed by atoms with van der Waals surface area (Å²) in [5.41, 5.74) is 3.65. The van der Waals surface area contributed by atoms with Crippen LogP contribution < -0.4 is 0 Å². The van der Waals surface area contributed by atoms with Crippen molar-refractivity contribution in [3.05, 3.63) is 28.5 Å². The second-order valence-electron chi connectivity index (χ2n) is 5.21. The Morgan fingerprint density at radius 2 is 2.11 bits per heavy atom. The standard InChI is InChI=1S/C14H21N3S/c1-10-6-5-7-12-13(10)17(14(18)15-12)11(2)8-9-16(3)4/h5-7,11H,8-9H2,1-4H3,(H,15,18). The van der Waals surface area contributed by atoms with Crippen LogP contribution in [0.2, 0.25) is 0 Å². The number of hydrogen-bond donors (Lipinski definition) is 1. The summed E-state index contributed by atoms with van der Waals surface area (Å²) in [5, 5.41) is 0. The van der Waals surface area contributed by atoms with E-state index in [1.54, 1.807) is 0 Å². The summed E-state index contributed by atoms with van der Waals surface area (Å²) in [6.07, 6.45) is 1.10. The molecule has 0 spiro atoms. The minimum atomic E-state index is 0.412. The Bertz CT molecular complexity index is 595. The third-order valence-electron chi connectivity index (χ3n) is 3.37. The van der Waals surface area contributed by atoms with Gasteiger partial charge in [0.1, 0.15) is 0 Å². The number of aryl methyl sites for hydroxylation is 1. The fraction of sp³-hybridized carbons (Fsp3) is 0.500. The number of hydrogen-bond acceptors (Lipinski definition) is 2. The Morgan fingerprint density at radius 3 is 2.78 bits per heavy atom. The topological polar surface area (TPSA) is 24.0 Å². The molecular formula is C14H21N3S. The van der Waals surface area contributed by atoms with Crippen LogP contribution in [0.3, 0.4) is 0 Å². The van der Waals surface area contributed by atoms with Crippen molar-refractivity contribution >= 4 is 23.3 Å². The molecule has 0 fully saturated rings. The van der Waals surface area contributed by atoms with Gasteiger partial charge in [0.25, 0.3) is 0 Å². The highest BCUT2D eigenvalue weighted by Crippen LogP contribution is 2.23. The molecule has 0 aliphatic carbocycles. The van der Waals surface area contributed by atoms with Gasteiger partial charge in [0.15, 0.2) is 4.77 Å². The molecule has 0 aliphatic heterocycles. The van der Waals surface area contributed by atoms with Crippen molar-refractivity contribution in [2.24, 2.45) is 0 Å². The molecule has 1 aromatic heterocycles.